The van der Waals surface area contributed by atoms with Gasteiger partial charge in [-0.25, -0.2) is 0 Å². The second-order valence-electron chi connectivity index (χ2n) is 6.68. The number of aromatic nitrogens is 1. The summed E-state index contributed by atoms with van der Waals surface area (Å²) in [5, 5.41) is 3.53. The molecule has 24 heavy (non-hydrogen) atoms. The van der Waals surface area contributed by atoms with E-state index in [0.717, 1.165) is 32.7 Å². The first-order chi connectivity index (χ1) is 11.7. The van der Waals surface area contributed by atoms with E-state index in [1.165, 1.54) is 16.7 Å². The molecule has 1 saturated heterocycles. The van der Waals surface area contributed by atoms with Crippen molar-refractivity contribution in [3.8, 4) is 0 Å². The van der Waals surface area contributed by atoms with Crippen molar-refractivity contribution in [1.82, 2.24) is 15.2 Å². The highest BCUT2D eigenvalue weighted by Crippen LogP contribution is 2.17. The van der Waals surface area contributed by atoms with Crippen LogP contribution >= 0.6 is 0 Å². The van der Waals surface area contributed by atoms with E-state index in [4.69, 9.17) is 4.74 Å². The summed E-state index contributed by atoms with van der Waals surface area (Å²) in [6, 6.07) is 12.8. The van der Waals surface area contributed by atoms with E-state index in [-0.39, 0.29) is 0 Å². The molecular formula is C20H27N3O. The predicted octanol–water partition coefficient (Wildman–Crippen LogP) is 2.98. The summed E-state index contributed by atoms with van der Waals surface area (Å²) in [7, 11) is 0. The van der Waals surface area contributed by atoms with Crippen LogP contribution in [0.2, 0.25) is 0 Å². The Hall–Kier alpha value is -1.75. The quantitative estimate of drug-likeness (QED) is 0.886. The number of hydrogen-bond donors (Lipinski definition) is 1. The Labute approximate surface area is 144 Å². The number of pyridine rings is 1. The highest BCUT2D eigenvalue weighted by molar-refractivity contribution is 5.27. The lowest BCUT2D eigenvalue weighted by molar-refractivity contribution is -0.0705. The molecule has 2 heterocycles. The first-order valence-corrected chi connectivity index (χ1v) is 8.75. The van der Waals surface area contributed by atoms with Crippen LogP contribution in [0, 0.1) is 0 Å². The summed E-state index contributed by atoms with van der Waals surface area (Å²) < 4.78 is 5.84. The van der Waals surface area contributed by atoms with Gasteiger partial charge in [0, 0.05) is 45.1 Å². The number of benzene rings is 1. The minimum atomic E-state index is 0.310. The molecule has 1 fully saturated rings. The van der Waals surface area contributed by atoms with Crippen LogP contribution < -0.4 is 5.32 Å². The number of nitrogens with one attached hydrogen (secondary N) is 1. The molecule has 3 rings (SSSR count). The lowest BCUT2D eigenvalue weighted by Gasteiger charge is -2.35. The van der Waals surface area contributed by atoms with Crippen molar-refractivity contribution >= 4 is 0 Å². The molecule has 0 spiro atoms. The Kier molecular flexibility index (Phi) is 5.96. The van der Waals surface area contributed by atoms with Gasteiger partial charge in [-0.05, 0) is 36.6 Å². The number of hydrogen-bond acceptors (Lipinski definition) is 4. The molecule has 0 amide bonds. The van der Waals surface area contributed by atoms with E-state index in [1.54, 1.807) is 0 Å². The standard InChI is InChI=1S/C20H27N3O/c1-16-13-23(14-17(2)24-16)15-20-8-4-3-7-19(20)12-22-11-18-6-5-9-21-10-18/h3-10,16-17,22H,11-15H2,1-2H3/t16-,17-/m1/s1. The van der Waals surface area contributed by atoms with Crippen molar-refractivity contribution in [1.29, 1.82) is 0 Å². The monoisotopic (exact) mass is 325 g/mol. The molecule has 0 radical (unpaired) electrons. The van der Waals surface area contributed by atoms with Gasteiger partial charge in [-0.15, -0.1) is 0 Å². The zero-order valence-corrected chi connectivity index (χ0v) is 14.6. The molecule has 1 N–H and O–H groups in total. The molecule has 2 aromatic rings. The third-order valence-electron chi connectivity index (χ3n) is 4.37. The Balaban J connectivity index is 1.58. The van der Waals surface area contributed by atoms with Crippen LogP contribution in [0.15, 0.2) is 48.8 Å². The minimum Gasteiger partial charge on any atom is -0.373 e. The smallest absolute Gasteiger partial charge is 0.0678 e. The van der Waals surface area contributed by atoms with Gasteiger partial charge in [-0.2, -0.15) is 0 Å². The summed E-state index contributed by atoms with van der Waals surface area (Å²) in [5.74, 6) is 0. The second kappa shape index (κ2) is 8.38. The fraction of sp³-hybridized carbons (Fsp3) is 0.450. The van der Waals surface area contributed by atoms with Gasteiger partial charge in [0.25, 0.3) is 0 Å². The molecule has 1 aromatic carbocycles. The van der Waals surface area contributed by atoms with E-state index < -0.39 is 0 Å². The fourth-order valence-corrected chi connectivity index (χ4v) is 3.38. The molecule has 1 aromatic heterocycles. The summed E-state index contributed by atoms with van der Waals surface area (Å²) in [5.41, 5.74) is 3.98. The van der Waals surface area contributed by atoms with Crippen molar-refractivity contribution in [2.45, 2.75) is 45.7 Å². The number of ether oxygens (including phenoxy) is 1. The lowest BCUT2D eigenvalue weighted by atomic mass is 10.1. The topological polar surface area (TPSA) is 37.4 Å². The summed E-state index contributed by atoms with van der Waals surface area (Å²) >= 11 is 0. The Morgan fingerprint density at radius 3 is 2.50 bits per heavy atom. The molecule has 4 nitrogen and oxygen atoms in total. The van der Waals surface area contributed by atoms with Gasteiger partial charge in [0.2, 0.25) is 0 Å². The van der Waals surface area contributed by atoms with Crippen LogP contribution in [-0.4, -0.2) is 35.2 Å². The third kappa shape index (κ3) is 4.87. The van der Waals surface area contributed by atoms with Crippen molar-refractivity contribution in [2.24, 2.45) is 0 Å². The average molecular weight is 325 g/mol. The van der Waals surface area contributed by atoms with Crippen molar-refractivity contribution in [3.63, 3.8) is 0 Å². The van der Waals surface area contributed by atoms with Gasteiger partial charge in [-0.3, -0.25) is 9.88 Å². The molecule has 128 valence electrons. The van der Waals surface area contributed by atoms with Gasteiger partial charge in [0.1, 0.15) is 0 Å². The summed E-state index contributed by atoms with van der Waals surface area (Å²) in [4.78, 5) is 6.66. The molecule has 2 atom stereocenters. The molecule has 1 aliphatic heterocycles. The minimum absolute atomic E-state index is 0.310. The van der Waals surface area contributed by atoms with Crippen LogP contribution in [0.3, 0.4) is 0 Å². The predicted molar refractivity (Wildman–Crippen MR) is 96.5 cm³/mol. The molecule has 0 bridgehead atoms. The zero-order chi connectivity index (χ0) is 16.8. The largest absolute Gasteiger partial charge is 0.373 e. The van der Waals surface area contributed by atoms with Crippen LogP contribution in [0.4, 0.5) is 0 Å². The van der Waals surface area contributed by atoms with Crippen molar-refractivity contribution < 1.29 is 4.74 Å². The second-order valence-corrected chi connectivity index (χ2v) is 6.68. The molecule has 0 unspecified atom stereocenters. The summed E-state index contributed by atoms with van der Waals surface area (Å²) in [6.45, 7) is 9.02. The SMILES string of the molecule is C[C@@H]1CN(Cc2ccccc2CNCc2cccnc2)C[C@@H](C)O1. The Morgan fingerprint density at radius 1 is 1.04 bits per heavy atom. The Bertz CT molecular complexity index is 622. The molecule has 4 heteroatoms. The van der Waals surface area contributed by atoms with E-state index in [9.17, 15) is 0 Å². The van der Waals surface area contributed by atoms with Crippen LogP contribution in [0.1, 0.15) is 30.5 Å². The van der Waals surface area contributed by atoms with Crippen molar-refractivity contribution in [3.05, 3.63) is 65.5 Å². The van der Waals surface area contributed by atoms with Crippen LogP contribution in [0.25, 0.3) is 0 Å². The Morgan fingerprint density at radius 2 is 1.79 bits per heavy atom. The maximum absolute atomic E-state index is 5.84. The third-order valence-corrected chi connectivity index (χ3v) is 4.37. The van der Waals surface area contributed by atoms with Gasteiger partial charge < -0.3 is 10.1 Å². The normalized spacial score (nSPS) is 21.8. The van der Waals surface area contributed by atoms with E-state index >= 15 is 0 Å². The van der Waals surface area contributed by atoms with E-state index in [1.807, 2.05) is 18.5 Å². The molecule has 0 aliphatic carbocycles. The van der Waals surface area contributed by atoms with E-state index in [2.05, 4.69) is 59.4 Å². The zero-order valence-electron chi connectivity index (χ0n) is 14.6. The van der Waals surface area contributed by atoms with E-state index in [0.29, 0.717) is 12.2 Å². The number of nitrogens with zero attached hydrogens (tertiary/aromatic N) is 2. The molecular weight excluding hydrogens is 298 g/mol. The molecule has 0 saturated carbocycles. The number of morpholine rings is 1. The highest BCUT2D eigenvalue weighted by atomic mass is 16.5. The van der Waals surface area contributed by atoms with Gasteiger partial charge in [0.15, 0.2) is 0 Å². The fourth-order valence-electron chi connectivity index (χ4n) is 3.38. The lowest BCUT2D eigenvalue weighted by Crippen LogP contribution is -2.45. The first-order valence-electron chi connectivity index (χ1n) is 8.75. The number of rotatable bonds is 6. The summed E-state index contributed by atoms with van der Waals surface area (Å²) in [6.07, 6.45) is 4.34. The van der Waals surface area contributed by atoms with Crippen LogP contribution in [-0.2, 0) is 24.4 Å². The van der Waals surface area contributed by atoms with Crippen molar-refractivity contribution in [2.75, 3.05) is 13.1 Å². The van der Waals surface area contributed by atoms with Crippen LogP contribution in [0.5, 0.6) is 0 Å². The molecule has 1 aliphatic rings. The maximum Gasteiger partial charge on any atom is 0.0678 e. The highest BCUT2D eigenvalue weighted by Gasteiger charge is 2.22. The first kappa shape index (κ1) is 17.1. The maximum atomic E-state index is 5.84. The van der Waals surface area contributed by atoms with Gasteiger partial charge in [-0.1, -0.05) is 30.3 Å². The van der Waals surface area contributed by atoms with Gasteiger partial charge in [0.05, 0.1) is 12.2 Å². The average Bonchev–Trinajstić information content (AvgIpc) is 2.56. The van der Waals surface area contributed by atoms with Gasteiger partial charge >= 0.3 is 0 Å².